The molecule has 0 atom stereocenters. The summed E-state index contributed by atoms with van der Waals surface area (Å²) < 4.78 is 7.97. The molecular formula is C17H25N3O. The van der Waals surface area contributed by atoms with Gasteiger partial charge in [-0.1, -0.05) is 19.1 Å². The Morgan fingerprint density at radius 3 is 2.67 bits per heavy atom. The minimum Gasteiger partial charge on any atom is -0.487 e. The molecule has 0 saturated carbocycles. The van der Waals surface area contributed by atoms with Crippen molar-refractivity contribution >= 4 is 0 Å². The van der Waals surface area contributed by atoms with Crippen molar-refractivity contribution in [3.63, 3.8) is 0 Å². The van der Waals surface area contributed by atoms with Gasteiger partial charge in [0.25, 0.3) is 0 Å². The van der Waals surface area contributed by atoms with E-state index >= 15 is 0 Å². The molecule has 21 heavy (non-hydrogen) atoms. The molecule has 0 aliphatic heterocycles. The molecule has 0 saturated heterocycles. The first-order valence-corrected chi connectivity index (χ1v) is 7.64. The van der Waals surface area contributed by atoms with E-state index in [1.54, 1.807) is 0 Å². The van der Waals surface area contributed by atoms with Crippen LogP contribution in [-0.2, 0) is 13.2 Å². The molecule has 1 heterocycles. The summed E-state index contributed by atoms with van der Waals surface area (Å²) in [6, 6.07) is 8.67. The molecule has 0 amide bonds. The van der Waals surface area contributed by atoms with Crippen molar-refractivity contribution in [2.24, 2.45) is 0 Å². The lowest BCUT2D eigenvalue weighted by molar-refractivity contribution is 0.292. The van der Waals surface area contributed by atoms with E-state index in [2.05, 4.69) is 47.8 Å². The van der Waals surface area contributed by atoms with Gasteiger partial charge in [0.15, 0.2) is 0 Å². The fraction of sp³-hybridized carbons (Fsp3) is 0.471. The molecule has 2 aromatic rings. The van der Waals surface area contributed by atoms with Crippen molar-refractivity contribution in [1.29, 1.82) is 0 Å². The van der Waals surface area contributed by atoms with E-state index in [0.29, 0.717) is 12.6 Å². The van der Waals surface area contributed by atoms with E-state index in [1.165, 1.54) is 5.56 Å². The van der Waals surface area contributed by atoms with Crippen molar-refractivity contribution in [1.82, 2.24) is 14.9 Å². The van der Waals surface area contributed by atoms with Crippen molar-refractivity contribution < 1.29 is 4.74 Å². The van der Waals surface area contributed by atoms with Crippen molar-refractivity contribution in [2.45, 2.75) is 46.4 Å². The molecule has 114 valence electrons. The monoisotopic (exact) mass is 287 g/mol. The van der Waals surface area contributed by atoms with Gasteiger partial charge in [-0.2, -0.15) is 0 Å². The van der Waals surface area contributed by atoms with Gasteiger partial charge in [-0.25, -0.2) is 4.98 Å². The molecular weight excluding hydrogens is 262 g/mol. The second-order valence-corrected chi connectivity index (χ2v) is 5.50. The first-order chi connectivity index (χ1) is 10.2. The van der Waals surface area contributed by atoms with Gasteiger partial charge in [0.05, 0.1) is 18.2 Å². The van der Waals surface area contributed by atoms with Crippen LogP contribution in [0.5, 0.6) is 5.75 Å². The Balaban J connectivity index is 1.87. The number of hydrogen-bond donors (Lipinski definition) is 1. The highest BCUT2D eigenvalue weighted by Gasteiger charge is 2.06. The maximum absolute atomic E-state index is 5.84. The average Bonchev–Trinajstić information content (AvgIpc) is 2.95. The summed E-state index contributed by atoms with van der Waals surface area (Å²) in [7, 11) is 0. The van der Waals surface area contributed by atoms with Crippen molar-refractivity contribution in [3.05, 3.63) is 48.0 Å². The molecule has 1 N–H and O–H groups in total. The Bertz CT molecular complexity index is 531. The number of ether oxygens (including phenoxy) is 1. The number of benzene rings is 1. The molecule has 0 unspecified atom stereocenters. The maximum Gasteiger partial charge on any atom is 0.130 e. The van der Waals surface area contributed by atoms with E-state index in [-0.39, 0.29) is 0 Å². The first kappa shape index (κ1) is 15.6. The second-order valence-electron chi connectivity index (χ2n) is 5.50. The number of nitrogens with zero attached hydrogens (tertiary/aromatic N) is 2. The third-order valence-corrected chi connectivity index (χ3v) is 3.37. The van der Waals surface area contributed by atoms with Crippen LogP contribution in [0.15, 0.2) is 36.8 Å². The predicted molar refractivity (Wildman–Crippen MR) is 85.4 cm³/mol. The van der Waals surface area contributed by atoms with Crippen molar-refractivity contribution in [3.8, 4) is 5.75 Å². The van der Waals surface area contributed by atoms with Gasteiger partial charge in [-0.15, -0.1) is 0 Å². The topological polar surface area (TPSA) is 39.1 Å². The number of nitrogens with one attached hydrogen (secondary N) is 1. The number of rotatable bonds is 8. The predicted octanol–water partition coefficient (Wildman–Crippen LogP) is 3.54. The molecule has 0 aliphatic rings. The minimum atomic E-state index is 0.401. The van der Waals surface area contributed by atoms with Crippen LogP contribution in [0.3, 0.4) is 0 Å². The van der Waals surface area contributed by atoms with Crippen LogP contribution in [-0.4, -0.2) is 16.1 Å². The van der Waals surface area contributed by atoms with E-state index < -0.39 is 0 Å². The zero-order valence-corrected chi connectivity index (χ0v) is 13.2. The van der Waals surface area contributed by atoms with Gasteiger partial charge in [-0.3, -0.25) is 0 Å². The van der Waals surface area contributed by atoms with Gasteiger partial charge in [-0.05, 0) is 44.5 Å². The van der Waals surface area contributed by atoms with E-state index in [9.17, 15) is 0 Å². The standard InChI is InChI=1S/C17H25N3O/c1-4-9-18-10-15-5-7-17(8-6-15)21-12-16-11-19-13-20(16)14(2)3/h5-8,11,13-14,18H,4,9-10,12H2,1-3H3. The van der Waals surface area contributed by atoms with Crippen LogP contribution in [0.1, 0.15) is 44.5 Å². The summed E-state index contributed by atoms with van der Waals surface area (Å²) in [6.07, 6.45) is 4.87. The lowest BCUT2D eigenvalue weighted by Gasteiger charge is -2.12. The van der Waals surface area contributed by atoms with E-state index in [4.69, 9.17) is 4.74 Å². The van der Waals surface area contributed by atoms with Crippen LogP contribution in [0.25, 0.3) is 0 Å². The molecule has 0 aliphatic carbocycles. The maximum atomic E-state index is 5.84. The third-order valence-electron chi connectivity index (χ3n) is 3.37. The normalized spacial score (nSPS) is 11.0. The lowest BCUT2D eigenvalue weighted by atomic mass is 10.2. The molecule has 0 bridgehead atoms. The van der Waals surface area contributed by atoms with Gasteiger partial charge >= 0.3 is 0 Å². The molecule has 0 fully saturated rings. The van der Waals surface area contributed by atoms with Gasteiger partial charge in [0, 0.05) is 12.6 Å². The summed E-state index contributed by atoms with van der Waals surface area (Å²) in [5, 5.41) is 3.39. The van der Waals surface area contributed by atoms with E-state index in [0.717, 1.165) is 31.0 Å². The smallest absolute Gasteiger partial charge is 0.130 e. The van der Waals surface area contributed by atoms with Crippen LogP contribution >= 0.6 is 0 Å². The third kappa shape index (κ3) is 4.60. The van der Waals surface area contributed by atoms with Gasteiger partial charge in [0.1, 0.15) is 12.4 Å². The van der Waals surface area contributed by atoms with Crippen LogP contribution in [0.4, 0.5) is 0 Å². The number of hydrogen-bond acceptors (Lipinski definition) is 3. The highest BCUT2D eigenvalue weighted by Crippen LogP contribution is 2.15. The SMILES string of the molecule is CCCNCc1ccc(OCc2cncn2C(C)C)cc1. The molecule has 0 radical (unpaired) electrons. The summed E-state index contributed by atoms with van der Waals surface area (Å²) in [5.41, 5.74) is 2.38. The fourth-order valence-corrected chi connectivity index (χ4v) is 2.18. The molecule has 1 aromatic carbocycles. The zero-order valence-electron chi connectivity index (χ0n) is 13.2. The Morgan fingerprint density at radius 2 is 2.00 bits per heavy atom. The minimum absolute atomic E-state index is 0.401. The average molecular weight is 287 g/mol. The highest BCUT2D eigenvalue weighted by atomic mass is 16.5. The second kappa shape index (κ2) is 7.84. The fourth-order valence-electron chi connectivity index (χ4n) is 2.18. The quantitative estimate of drug-likeness (QED) is 0.755. The van der Waals surface area contributed by atoms with Gasteiger partial charge in [0.2, 0.25) is 0 Å². The highest BCUT2D eigenvalue weighted by molar-refractivity contribution is 5.27. The van der Waals surface area contributed by atoms with Crippen LogP contribution < -0.4 is 10.1 Å². The lowest BCUT2D eigenvalue weighted by Crippen LogP contribution is -2.13. The van der Waals surface area contributed by atoms with Crippen LogP contribution in [0, 0.1) is 0 Å². The summed E-state index contributed by atoms with van der Waals surface area (Å²) >= 11 is 0. The van der Waals surface area contributed by atoms with Crippen LogP contribution in [0.2, 0.25) is 0 Å². The summed E-state index contributed by atoms with van der Waals surface area (Å²) in [6.45, 7) is 8.97. The van der Waals surface area contributed by atoms with E-state index in [1.807, 2.05) is 24.7 Å². The molecule has 1 aromatic heterocycles. The summed E-state index contributed by atoms with van der Waals surface area (Å²) in [4.78, 5) is 4.19. The van der Waals surface area contributed by atoms with Crippen molar-refractivity contribution in [2.75, 3.05) is 6.54 Å². The summed E-state index contributed by atoms with van der Waals surface area (Å²) in [5.74, 6) is 0.894. The number of imidazole rings is 1. The molecule has 4 heteroatoms. The Kier molecular flexibility index (Phi) is 5.81. The molecule has 2 rings (SSSR count). The Morgan fingerprint density at radius 1 is 1.24 bits per heavy atom. The zero-order chi connectivity index (χ0) is 15.1. The Hall–Kier alpha value is -1.81. The first-order valence-electron chi connectivity index (χ1n) is 7.64. The molecule has 0 spiro atoms. The molecule has 4 nitrogen and oxygen atoms in total. The Labute approximate surface area is 127 Å². The number of aromatic nitrogens is 2. The largest absolute Gasteiger partial charge is 0.487 e. The van der Waals surface area contributed by atoms with Gasteiger partial charge < -0.3 is 14.6 Å².